The second kappa shape index (κ2) is 4.72. The van der Waals surface area contributed by atoms with Crippen LogP contribution in [0.2, 0.25) is 0 Å². The highest BCUT2D eigenvalue weighted by Gasteiger charge is 2.10. The fourth-order valence-electron chi connectivity index (χ4n) is 0.884. The van der Waals surface area contributed by atoms with Crippen LogP contribution in [0.4, 0.5) is 10.1 Å². The molecule has 1 atom stereocenters. The molecule has 1 N–H and O–H groups in total. The third-order valence-electron chi connectivity index (χ3n) is 1.83. The third-order valence-corrected chi connectivity index (χ3v) is 1.83. The summed E-state index contributed by atoms with van der Waals surface area (Å²) in [5.74, 6) is -0.582. The van der Waals surface area contributed by atoms with Crippen molar-refractivity contribution in [3.05, 3.63) is 30.1 Å². The standard InChI is InChI=1S/C10H12FNO2/c1-7(14-2)10(13)12-9-5-3-8(11)4-6-9/h3-7H,1-2H3,(H,12,13). The highest BCUT2D eigenvalue weighted by Crippen LogP contribution is 2.08. The summed E-state index contributed by atoms with van der Waals surface area (Å²) in [7, 11) is 1.45. The van der Waals surface area contributed by atoms with Crippen LogP contribution in [-0.4, -0.2) is 19.1 Å². The van der Waals surface area contributed by atoms with Crippen LogP contribution < -0.4 is 5.32 Å². The number of ether oxygens (including phenoxy) is 1. The van der Waals surface area contributed by atoms with Gasteiger partial charge in [0.25, 0.3) is 5.91 Å². The van der Waals surface area contributed by atoms with Crippen molar-refractivity contribution < 1.29 is 13.9 Å². The van der Waals surface area contributed by atoms with Gasteiger partial charge in [-0.3, -0.25) is 4.79 Å². The van der Waals surface area contributed by atoms with Gasteiger partial charge in [0.05, 0.1) is 0 Å². The molecule has 0 fully saturated rings. The highest BCUT2D eigenvalue weighted by atomic mass is 19.1. The average molecular weight is 197 g/mol. The minimum absolute atomic E-state index is 0.251. The summed E-state index contributed by atoms with van der Waals surface area (Å²) in [4.78, 5) is 11.3. The summed E-state index contributed by atoms with van der Waals surface area (Å²) in [6, 6.07) is 5.56. The molecule has 1 unspecified atom stereocenters. The van der Waals surface area contributed by atoms with Gasteiger partial charge in [-0.2, -0.15) is 0 Å². The van der Waals surface area contributed by atoms with Crippen molar-refractivity contribution in [2.24, 2.45) is 0 Å². The fourth-order valence-corrected chi connectivity index (χ4v) is 0.884. The van der Waals surface area contributed by atoms with Gasteiger partial charge >= 0.3 is 0 Å². The number of carbonyl (C=O) groups is 1. The molecule has 0 bridgehead atoms. The summed E-state index contributed by atoms with van der Waals surface area (Å²) in [6.07, 6.45) is -0.514. The van der Waals surface area contributed by atoms with Crippen LogP contribution in [0.3, 0.4) is 0 Å². The van der Waals surface area contributed by atoms with Crippen molar-refractivity contribution in [3.63, 3.8) is 0 Å². The van der Waals surface area contributed by atoms with Crippen molar-refractivity contribution in [2.75, 3.05) is 12.4 Å². The largest absolute Gasteiger partial charge is 0.372 e. The van der Waals surface area contributed by atoms with E-state index in [0.717, 1.165) is 0 Å². The predicted octanol–water partition coefficient (Wildman–Crippen LogP) is 1.80. The molecule has 0 heterocycles. The number of hydrogen-bond donors (Lipinski definition) is 1. The van der Waals surface area contributed by atoms with Gasteiger partial charge in [-0.1, -0.05) is 0 Å². The van der Waals surface area contributed by atoms with Crippen LogP contribution in [0.25, 0.3) is 0 Å². The van der Waals surface area contributed by atoms with E-state index >= 15 is 0 Å². The Morgan fingerprint density at radius 3 is 2.50 bits per heavy atom. The van der Waals surface area contributed by atoms with Crippen LogP contribution in [0.1, 0.15) is 6.92 Å². The predicted molar refractivity (Wildman–Crippen MR) is 51.5 cm³/mol. The number of halogens is 1. The molecule has 76 valence electrons. The van der Waals surface area contributed by atoms with Crippen molar-refractivity contribution in [1.82, 2.24) is 0 Å². The van der Waals surface area contributed by atoms with E-state index in [1.165, 1.54) is 31.4 Å². The maximum Gasteiger partial charge on any atom is 0.253 e. The van der Waals surface area contributed by atoms with E-state index in [9.17, 15) is 9.18 Å². The normalized spacial score (nSPS) is 12.2. The molecule has 0 spiro atoms. The fraction of sp³-hybridized carbons (Fsp3) is 0.300. The number of carbonyl (C=O) groups excluding carboxylic acids is 1. The Balaban J connectivity index is 2.60. The van der Waals surface area contributed by atoms with Crippen LogP contribution in [0.15, 0.2) is 24.3 Å². The van der Waals surface area contributed by atoms with Crippen LogP contribution in [-0.2, 0) is 9.53 Å². The second-order valence-corrected chi connectivity index (χ2v) is 2.87. The lowest BCUT2D eigenvalue weighted by molar-refractivity contribution is -0.124. The zero-order valence-corrected chi connectivity index (χ0v) is 8.08. The summed E-state index contributed by atoms with van der Waals surface area (Å²) in [6.45, 7) is 1.64. The Kier molecular flexibility index (Phi) is 3.59. The lowest BCUT2D eigenvalue weighted by Gasteiger charge is -2.09. The van der Waals surface area contributed by atoms with E-state index in [2.05, 4.69) is 5.32 Å². The molecule has 0 aliphatic rings. The van der Waals surface area contributed by atoms with Crippen molar-refractivity contribution in [3.8, 4) is 0 Å². The Labute approximate surface area is 81.9 Å². The molecule has 1 aromatic rings. The zero-order chi connectivity index (χ0) is 10.6. The lowest BCUT2D eigenvalue weighted by atomic mass is 10.3. The smallest absolute Gasteiger partial charge is 0.253 e. The molecular formula is C10H12FNO2. The van der Waals surface area contributed by atoms with Crippen molar-refractivity contribution in [1.29, 1.82) is 0 Å². The molecule has 1 rings (SSSR count). The van der Waals surface area contributed by atoms with Gasteiger partial charge in [0.1, 0.15) is 11.9 Å². The number of methoxy groups -OCH3 is 1. The van der Waals surface area contributed by atoms with Crippen molar-refractivity contribution >= 4 is 11.6 Å². The molecular weight excluding hydrogens is 185 g/mol. The molecule has 4 heteroatoms. The van der Waals surface area contributed by atoms with Crippen LogP contribution in [0, 0.1) is 5.82 Å². The topological polar surface area (TPSA) is 38.3 Å². The minimum atomic E-state index is -0.514. The van der Waals surface area contributed by atoms with E-state index in [0.29, 0.717) is 5.69 Å². The maximum absolute atomic E-state index is 12.5. The van der Waals surface area contributed by atoms with E-state index in [1.54, 1.807) is 6.92 Å². The van der Waals surface area contributed by atoms with Gasteiger partial charge in [0.15, 0.2) is 0 Å². The Morgan fingerprint density at radius 2 is 2.00 bits per heavy atom. The highest BCUT2D eigenvalue weighted by molar-refractivity contribution is 5.93. The molecule has 0 aromatic heterocycles. The SMILES string of the molecule is COC(C)C(=O)Nc1ccc(F)cc1. The lowest BCUT2D eigenvalue weighted by Crippen LogP contribution is -2.26. The first-order valence-electron chi connectivity index (χ1n) is 4.22. The number of nitrogens with one attached hydrogen (secondary N) is 1. The number of amides is 1. The Hall–Kier alpha value is -1.42. The summed E-state index contributed by atoms with van der Waals surface area (Å²) >= 11 is 0. The molecule has 3 nitrogen and oxygen atoms in total. The molecule has 1 aromatic carbocycles. The Bertz CT molecular complexity index is 310. The first kappa shape index (κ1) is 10.7. The van der Waals surface area contributed by atoms with Gasteiger partial charge in [-0.25, -0.2) is 4.39 Å². The molecule has 0 saturated heterocycles. The number of benzene rings is 1. The summed E-state index contributed by atoms with van der Waals surface area (Å²) in [5, 5.41) is 2.59. The average Bonchev–Trinajstić information content (AvgIpc) is 2.20. The molecule has 0 aliphatic heterocycles. The molecule has 0 radical (unpaired) electrons. The van der Waals surface area contributed by atoms with Gasteiger partial charge in [-0.15, -0.1) is 0 Å². The molecule has 0 saturated carbocycles. The summed E-state index contributed by atoms with van der Waals surface area (Å²) < 4.78 is 17.3. The zero-order valence-electron chi connectivity index (χ0n) is 8.08. The van der Waals surface area contributed by atoms with Gasteiger partial charge in [-0.05, 0) is 31.2 Å². The summed E-state index contributed by atoms with van der Waals surface area (Å²) in [5.41, 5.74) is 0.556. The van der Waals surface area contributed by atoms with Crippen LogP contribution in [0.5, 0.6) is 0 Å². The van der Waals surface area contributed by atoms with Crippen molar-refractivity contribution in [2.45, 2.75) is 13.0 Å². The first-order valence-corrected chi connectivity index (χ1v) is 4.22. The van der Waals surface area contributed by atoms with Crippen LogP contribution >= 0.6 is 0 Å². The molecule has 0 aliphatic carbocycles. The number of hydrogen-bond acceptors (Lipinski definition) is 2. The van der Waals surface area contributed by atoms with E-state index < -0.39 is 6.10 Å². The first-order chi connectivity index (χ1) is 6.63. The third kappa shape index (κ3) is 2.81. The quantitative estimate of drug-likeness (QED) is 0.802. The molecule has 1 amide bonds. The Morgan fingerprint density at radius 1 is 1.43 bits per heavy atom. The van der Waals surface area contributed by atoms with Gasteiger partial charge in [0, 0.05) is 12.8 Å². The number of anilines is 1. The van der Waals surface area contributed by atoms with E-state index in [1.807, 2.05) is 0 Å². The van der Waals surface area contributed by atoms with E-state index in [-0.39, 0.29) is 11.7 Å². The molecule has 14 heavy (non-hydrogen) atoms. The number of rotatable bonds is 3. The minimum Gasteiger partial charge on any atom is -0.372 e. The monoisotopic (exact) mass is 197 g/mol. The maximum atomic E-state index is 12.5. The van der Waals surface area contributed by atoms with E-state index in [4.69, 9.17) is 4.74 Å². The van der Waals surface area contributed by atoms with Gasteiger partial charge in [0.2, 0.25) is 0 Å². The second-order valence-electron chi connectivity index (χ2n) is 2.87. The van der Waals surface area contributed by atoms with Gasteiger partial charge < -0.3 is 10.1 Å².